The molecule has 1 heterocycles. The van der Waals surface area contributed by atoms with E-state index < -0.39 is 0 Å². The molecule has 2 aromatic rings. The van der Waals surface area contributed by atoms with Gasteiger partial charge in [0.05, 0.1) is 6.54 Å². The summed E-state index contributed by atoms with van der Waals surface area (Å²) in [4.78, 5) is 4.65. The lowest BCUT2D eigenvalue weighted by Gasteiger charge is -2.13. The van der Waals surface area contributed by atoms with Crippen molar-refractivity contribution in [1.82, 2.24) is 25.4 Å². The van der Waals surface area contributed by atoms with Crippen molar-refractivity contribution < 1.29 is 0 Å². The third-order valence-corrected chi connectivity index (χ3v) is 3.46. The number of hydrogen-bond donors (Lipinski definition) is 2. The van der Waals surface area contributed by atoms with Gasteiger partial charge in [-0.1, -0.05) is 44.2 Å². The lowest BCUT2D eigenvalue weighted by Crippen LogP contribution is -2.39. The Hall–Kier alpha value is -2.37. The maximum absolute atomic E-state index is 4.65. The number of nitrogens with zero attached hydrogens (tertiary/aromatic N) is 4. The Morgan fingerprint density at radius 3 is 2.65 bits per heavy atom. The first kappa shape index (κ1) is 17.0. The summed E-state index contributed by atoms with van der Waals surface area (Å²) in [6, 6.07) is 10.3. The van der Waals surface area contributed by atoms with E-state index in [0.717, 1.165) is 44.3 Å². The number of guanidine groups is 1. The summed E-state index contributed by atoms with van der Waals surface area (Å²) in [5.41, 5.74) is 1.21. The summed E-state index contributed by atoms with van der Waals surface area (Å²) in [5, 5.41) is 14.8. The molecule has 2 rings (SSSR count). The number of aryl methyl sites for hydroxylation is 1. The Balaban J connectivity index is 1.87. The van der Waals surface area contributed by atoms with Crippen molar-refractivity contribution in [2.24, 2.45) is 4.99 Å². The minimum atomic E-state index is 0.673. The molecule has 0 aliphatic carbocycles. The average molecular weight is 314 g/mol. The Labute approximate surface area is 138 Å². The molecule has 0 atom stereocenters. The minimum Gasteiger partial charge on any atom is -0.356 e. The number of nitrogens with one attached hydrogen (secondary N) is 2. The van der Waals surface area contributed by atoms with Gasteiger partial charge in [-0.15, -0.1) is 10.2 Å². The van der Waals surface area contributed by atoms with E-state index >= 15 is 0 Å². The van der Waals surface area contributed by atoms with E-state index in [1.165, 1.54) is 5.56 Å². The second-order valence-corrected chi connectivity index (χ2v) is 5.30. The van der Waals surface area contributed by atoms with Crippen LogP contribution in [0, 0.1) is 0 Å². The SMILES string of the molecule is CCCNC(=NCc1ccccc1)NCCn1cnnc1CC. The van der Waals surface area contributed by atoms with E-state index in [4.69, 9.17) is 0 Å². The van der Waals surface area contributed by atoms with Gasteiger partial charge in [-0.2, -0.15) is 0 Å². The van der Waals surface area contributed by atoms with E-state index in [-0.39, 0.29) is 0 Å². The van der Waals surface area contributed by atoms with Crippen molar-refractivity contribution in [3.8, 4) is 0 Å². The first-order valence-corrected chi connectivity index (χ1v) is 8.26. The van der Waals surface area contributed by atoms with Gasteiger partial charge in [0.25, 0.3) is 0 Å². The monoisotopic (exact) mass is 314 g/mol. The van der Waals surface area contributed by atoms with Gasteiger partial charge in [-0.25, -0.2) is 4.99 Å². The molecule has 0 saturated carbocycles. The smallest absolute Gasteiger partial charge is 0.191 e. The molecular weight excluding hydrogens is 288 g/mol. The first-order valence-electron chi connectivity index (χ1n) is 8.26. The molecule has 0 bridgehead atoms. The van der Waals surface area contributed by atoms with Crippen LogP contribution in [-0.2, 0) is 19.5 Å². The standard InChI is InChI=1S/C17H26N6/c1-3-10-18-17(20-13-15-8-6-5-7-9-15)19-11-12-23-14-21-22-16(23)4-2/h5-9,14H,3-4,10-13H2,1-2H3,(H2,18,19,20). The van der Waals surface area contributed by atoms with Crippen LogP contribution in [0.2, 0.25) is 0 Å². The van der Waals surface area contributed by atoms with E-state index in [9.17, 15) is 0 Å². The lowest BCUT2D eigenvalue weighted by atomic mass is 10.2. The number of hydrogen-bond acceptors (Lipinski definition) is 3. The summed E-state index contributed by atoms with van der Waals surface area (Å²) in [7, 11) is 0. The van der Waals surface area contributed by atoms with E-state index in [2.05, 4.69) is 56.4 Å². The molecule has 2 N–H and O–H groups in total. The molecular formula is C17H26N6. The normalized spacial score (nSPS) is 11.5. The quantitative estimate of drug-likeness (QED) is 0.577. The summed E-state index contributed by atoms with van der Waals surface area (Å²) < 4.78 is 2.07. The Bertz CT molecular complexity index is 590. The second kappa shape index (κ2) is 9.61. The molecule has 0 aliphatic rings. The van der Waals surface area contributed by atoms with Crippen LogP contribution in [0.4, 0.5) is 0 Å². The van der Waals surface area contributed by atoms with Gasteiger partial charge in [-0.3, -0.25) is 0 Å². The molecule has 124 valence electrons. The fraction of sp³-hybridized carbons (Fsp3) is 0.471. The molecule has 0 radical (unpaired) electrons. The van der Waals surface area contributed by atoms with Crippen LogP contribution in [0.1, 0.15) is 31.7 Å². The van der Waals surface area contributed by atoms with E-state index in [1.54, 1.807) is 6.33 Å². The van der Waals surface area contributed by atoms with Crippen LogP contribution >= 0.6 is 0 Å². The zero-order chi connectivity index (χ0) is 16.3. The van der Waals surface area contributed by atoms with Crippen molar-refractivity contribution >= 4 is 5.96 Å². The van der Waals surface area contributed by atoms with Gasteiger partial charge in [0.2, 0.25) is 0 Å². The maximum Gasteiger partial charge on any atom is 0.191 e. The van der Waals surface area contributed by atoms with Crippen LogP contribution in [0.3, 0.4) is 0 Å². The van der Waals surface area contributed by atoms with Crippen molar-refractivity contribution in [3.63, 3.8) is 0 Å². The fourth-order valence-electron chi connectivity index (χ4n) is 2.21. The summed E-state index contributed by atoms with van der Waals surface area (Å²) in [6.45, 7) is 7.43. The van der Waals surface area contributed by atoms with Crippen molar-refractivity contribution in [3.05, 3.63) is 48.0 Å². The zero-order valence-electron chi connectivity index (χ0n) is 14.0. The van der Waals surface area contributed by atoms with Crippen LogP contribution in [0.15, 0.2) is 41.7 Å². The highest BCUT2D eigenvalue weighted by atomic mass is 15.3. The van der Waals surface area contributed by atoms with Gasteiger partial charge in [-0.05, 0) is 12.0 Å². The fourth-order valence-corrected chi connectivity index (χ4v) is 2.21. The highest BCUT2D eigenvalue weighted by Crippen LogP contribution is 2.00. The predicted molar refractivity (Wildman–Crippen MR) is 93.3 cm³/mol. The Kier molecular flexibility index (Phi) is 7.10. The largest absolute Gasteiger partial charge is 0.356 e. The molecule has 0 aliphatic heterocycles. The summed E-state index contributed by atoms with van der Waals surface area (Å²) >= 11 is 0. The third-order valence-electron chi connectivity index (χ3n) is 3.46. The van der Waals surface area contributed by atoms with Crippen LogP contribution in [0.25, 0.3) is 0 Å². The number of benzene rings is 1. The molecule has 6 nitrogen and oxygen atoms in total. The maximum atomic E-state index is 4.65. The first-order chi connectivity index (χ1) is 11.3. The van der Waals surface area contributed by atoms with Crippen molar-refractivity contribution in [2.75, 3.05) is 13.1 Å². The van der Waals surface area contributed by atoms with Crippen molar-refractivity contribution in [2.45, 2.75) is 39.8 Å². The summed E-state index contributed by atoms with van der Waals surface area (Å²) in [5.74, 6) is 1.86. The van der Waals surface area contributed by atoms with Gasteiger partial charge in [0.15, 0.2) is 5.96 Å². The average Bonchev–Trinajstić information content (AvgIpc) is 3.05. The van der Waals surface area contributed by atoms with Crippen LogP contribution in [0.5, 0.6) is 0 Å². The molecule has 0 unspecified atom stereocenters. The Morgan fingerprint density at radius 2 is 1.91 bits per heavy atom. The zero-order valence-corrected chi connectivity index (χ0v) is 14.0. The van der Waals surface area contributed by atoms with Crippen LogP contribution < -0.4 is 10.6 Å². The Morgan fingerprint density at radius 1 is 1.13 bits per heavy atom. The predicted octanol–water partition coefficient (Wildman–Crippen LogP) is 1.99. The third kappa shape index (κ3) is 5.73. The molecule has 0 fully saturated rings. The number of rotatable bonds is 8. The lowest BCUT2D eigenvalue weighted by molar-refractivity contribution is 0.631. The molecule has 0 amide bonds. The van der Waals surface area contributed by atoms with Gasteiger partial charge >= 0.3 is 0 Å². The van der Waals surface area contributed by atoms with Gasteiger partial charge < -0.3 is 15.2 Å². The minimum absolute atomic E-state index is 0.673. The highest BCUT2D eigenvalue weighted by Gasteiger charge is 2.02. The highest BCUT2D eigenvalue weighted by molar-refractivity contribution is 5.79. The van der Waals surface area contributed by atoms with Gasteiger partial charge in [0.1, 0.15) is 12.2 Å². The number of aliphatic imine (C=N–C) groups is 1. The molecule has 23 heavy (non-hydrogen) atoms. The second-order valence-electron chi connectivity index (χ2n) is 5.30. The van der Waals surface area contributed by atoms with E-state index in [1.807, 2.05) is 18.2 Å². The molecule has 0 saturated heterocycles. The number of aromatic nitrogens is 3. The topological polar surface area (TPSA) is 67.1 Å². The molecule has 1 aromatic carbocycles. The van der Waals surface area contributed by atoms with Gasteiger partial charge in [0, 0.05) is 26.1 Å². The van der Waals surface area contributed by atoms with Crippen LogP contribution in [-0.4, -0.2) is 33.8 Å². The molecule has 1 aromatic heterocycles. The molecule has 0 spiro atoms. The molecule has 6 heteroatoms. The summed E-state index contributed by atoms with van der Waals surface area (Å²) in [6.07, 6.45) is 3.74. The van der Waals surface area contributed by atoms with Crippen molar-refractivity contribution in [1.29, 1.82) is 0 Å². The van der Waals surface area contributed by atoms with E-state index in [0.29, 0.717) is 6.54 Å².